The number of aliphatic hydroxyl groups excluding tert-OH is 1. The van der Waals surface area contributed by atoms with E-state index in [0.717, 1.165) is 19.4 Å². The summed E-state index contributed by atoms with van der Waals surface area (Å²) in [5.74, 6) is -0.0918. The van der Waals surface area contributed by atoms with Crippen molar-refractivity contribution in [2.24, 2.45) is 0 Å². The predicted octanol–water partition coefficient (Wildman–Crippen LogP) is -0.512. The summed E-state index contributed by atoms with van der Waals surface area (Å²) >= 11 is 0. The maximum Gasteiger partial charge on any atom is 0.156 e. The Labute approximate surface area is 79.5 Å². The Morgan fingerprint density at radius 3 is 2.77 bits per heavy atom. The SMILES string of the molecule is CN1CCCC(S(=O)(=O)CCO)C1. The molecule has 0 spiro atoms. The molecule has 1 aliphatic rings. The number of hydrogen-bond acceptors (Lipinski definition) is 4. The van der Waals surface area contributed by atoms with Crippen molar-refractivity contribution < 1.29 is 13.5 Å². The lowest BCUT2D eigenvalue weighted by Gasteiger charge is -2.29. The van der Waals surface area contributed by atoms with E-state index in [2.05, 4.69) is 0 Å². The zero-order valence-electron chi connectivity index (χ0n) is 7.94. The highest BCUT2D eigenvalue weighted by molar-refractivity contribution is 7.92. The minimum atomic E-state index is -3.06. The maximum atomic E-state index is 11.5. The fourth-order valence-electron chi connectivity index (χ4n) is 1.71. The van der Waals surface area contributed by atoms with E-state index in [-0.39, 0.29) is 17.6 Å². The van der Waals surface area contributed by atoms with Crippen LogP contribution in [0.25, 0.3) is 0 Å². The predicted molar refractivity (Wildman–Crippen MR) is 51.4 cm³/mol. The van der Waals surface area contributed by atoms with E-state index < -0.39 is 9.84 Å². The van der Waals surface area contributed by atoms with Gasteiger partial charge in [0.05, 0.1) is 17.6 Å². The molecule has 0 radical (unpaired) electrons. The molecule has 1 unspecified atom stereocenters. The highest BCUT2D eigenvalue weighted by Crippen LogP contribution is 2.16. The molecule has 13 heavy (non-hydrogen) atoms. The van der Waals surface area contributed by atoms with Crippen molar-refractivity contribution in [1.82, 2.24) is 4.90 Å². The van der Waals surface area contributed by atoms with Crippen molar-refractivity contribution in [2.45, 2.75) is 18.1 Å². The molecule has 0 bridgehead atoms. The van der Waals surface area contributed by atoms with Crippen LogP contribution in [0.2, 0.25) is 0 Å². The van der Waals surface area contributed by atoms with Gasteiger partial charge in [-0.05, 0) is 26.4 Å². The van der Waals surface area contributed by atoms with Gasteiger partial charge in [-0.3, -0.25) is 0 Å². The average molecular weight is 207 g/mol. The lowest BCUT2D eigenvalue weighted by atomic mass is 10.1. The third-order valence-electron chi connectivity index (χ3n) is 2.46. The van der Waals surface area contributed by atoms with Gasteiger partial charge in [0, 0.05) is 6.54 Å². The molecule has 0 amide bonds. The van der Waals surface area contributed by atoms with Crippen molar-refractivity contribution in [2.75, 3.05) is 32.5 Å². The van der Waals surface area contributed by atoms with Crippen LogP contribution in [0.5, 0.6) is 0 Å². The average Bonchev–Trinajstić information content (AvgIpc) is 2.04. The second-order valence-electron chi connectivity index (χ2n) is 3.62. The number of piperidine rings is 1. The van der Waals surface area contributed by atoms with Crippen LogP contribution in [0.15, 0.2) is 0 Å². The van der Waals surface area contributed by atoms with E-state index in [1.54, 1.807) is 0 Å². The molecule has 0 aliphatic carbocycles. The molecule has 0 aromatic carbocycles. The van der Waals surface area contributed by atoms with Gasteiger partial charge in [0.15, 0.2) is 9.84 Å². The van der Waals surface area contributed by atoms with E-state index >= 15 is 0 Å². The van der Waals surface area contributed by atoms with E-state index in [0.29, 0.717) is 6.54 Å². The monoisotopic (exact) mass is 207 g/mol. The van der Waals surface area contributed by atoms with Gasteiger partial charge >= 0.3 is 0 Å². The topological polar surface area (TPSA) is 57.6 Å². The van der Waals surface area contributed by atoms with E-state index in [1.807, 2.05) is 11.9 Å². The van der Waals surface area contributed by atoms with Crippen LogP contribution in [-0.2, 0) is 9.84 Å². The van der Waals surface area contributed by atoms with Gasteiger partial charge in [0.25, 0.3) is 0 Å². The molecule has 0 aromatic heterocycles. The Kier molecular flexibility index (Phi) is 3.70. The van der Waals surface area contributed by atoms with Crippen LogP contribution >= 0.6 is 0 Å². The molecule has 5 heteroatoms. The number of sulfone groups is 1. The molecule has 1 fully saturated rings. The fourth-order valence-corrected chi connectivity index (χ4v) is 3.30. The Balaban J connectivity index is 2.60. The third-order valence-corrected chi connectivity index (χ3v) is 4.62. The molecule has 1 atom stereocenters. The van der Waals surface area contributed by atoms with Crippen molar-refractivity contribution in [1.29, 1.82) is 0 Å². The summed E-state index contributed by atoms with van der Waals surface area (Å²) in [5, 5.41) is 8.34. The first kappa shape index (κ1) is 10.9. The molecule has 0 saturated carbocycles. The van der Waals surface area contributed by atoms with Gasteiger partial charge in [-0.15, -0.1) is 0 Å². The lowest BCUT2D eigenvalue weighted by Crippen LogP contribution is -2.41. The zero-order chi connectivity index (χ0) is 9.90. The van der Waals surface area contributed by atoms with Crippen LogP contribution in [0.4, 0.5) is 0 Å². The third kappa shape index (κ3) is 2.93. The largest absolute Gasteiger partial charge is 0.395 e. The van der Waals surface area contributed by atoms with Crippen molar-refractivity contribution in [3.8, 4) is 0 Å². The molecular formula is C8H17NO3S. The number of aliphatic hydroxyl groups is 1. The summed E-state index contributed by atoms with van der Waals surface area (Å²) in [6.07, 6.45) is 1.68. The summed E-state index contributed by atoms with van der Waals surface area (Å²) in [6.45, 7) is 1.33. The molecule has 78 valence electrons. The van der Waals surface area contributed by atoms with Gasteiger partial charge in [-0.25, -0.2) is 8.42 Å². The number of nitrogens with zero attached hydrogens (tertiary/aromatic N) is 1. The fraction of sp³-hybridized carbons (Fsp3) is 1.00. The summed E-state index contributed by atoms with van der Waals surface area (Å²) in [4.78, 5) is 2.03. The van der Waals surface area contributed by atoms with Gasteiger partial charge in [0.1, 0.15) is 0 Å². The second kappa shape index (κ2) is 4.39. The van der Waals surface area contributed by atoms with Gasteiger partial charge in [-0.1, -0.05) is 0 Å². The first-order valence-electron chi connectivity index (χ1n) is 4.57. The summed E-state index contributed by atoms with van der Waals surface area (Å²) in [7, 11) is -1.13. The maximum absolute atomic E-state index is 11.5. The minimum absolute atomic E-state index is 0.0918. The Bertz CT molecular complexity index is 250. The zero-order valence-corrected chi connectivity index (χ0v) is 8.76. The molecule has 1 aliphatic heterocycles. The Morgan fingerprint density at radius 2 is 2.23 bits per heavy atom. The molecule has 1 rings (SSSR count). The Morgan fingerprint density at radius 1 is 1.54 bits per heavy atom. The number of likely N-dealkylation sites (tertiary alicyclic amines) is 1. The molecule has 1 saturated heterocycles. The van der Waals surface area contributed by atoms with Crippen molar-refractivity contribution in [3.05, 3.63) is 0 Å². The standard InChI is InChI=1S/C8H17NO3S/c1-9-4-2-3-8(7-9)13(11,12)6-5-10/h8,10H,2-7H2,1H3. The van der Waals surface area contributed by atoms with E-state index in [4.69, 9.17) is 5.11 Å². The summed E-state index contributed by atoms with van der Waals surface area (Å²) < 4.78 is 23.1. The van der Waals surface area contributed by atoms with Crippen molar-refractivity contribution in [3.63, 3.8) is 0 Å². The summed E-state index contributed by atoms with van der Waals surface area (Å²) in [6, 6.07) is 0. The molecular weight excluding hydrogens is 190 g/mol. The van der Waals surface area contributed by atoms with Crippen LogP contribution in [0.3, 0.4) is 0 Å². The smallest absolute Gasteiger partial charge is 0.156 e. The highest BCUT2D eigenvalue weighted by Gasteiger charge is 2.28. The lowest BCUT2D eigenvalue weighted by molar-refractivity contribution is 0.275. The number of hydrogen-bond donors (Lipinski definition) is 1. The van der Waals surface area contributed by atoms with E-state index in [9.17, 15) is 8.42 Å². The highest BCUT2D eigenvalue weighted by atomic mass is 32.2. The normalized spacial score (nSPS) is 26.2. The minimum Gasteiger partial charge on any atom is -0.395 e. The van der Waals surface area contributed by atoms with E-state index in [1.165, 1.54) is 0 Å². The Hall–Kier alpha value is -0.130. The van der Waals surface area contributed by atoms with Gasteiger partial charge in [0.2, 0.25) is 0 Å². The second-order valence-corrected chi connectivity index (χ2v) is 6.02. The first-order valence-corrected chi connectivity index (χ1v) is 6.29. The molecule has 4 nitrogen and oxygen atoms in total. The first-order chi connectivity index (χ1) is 6.06. The quantitative estimate of drug-likeness (QED) is 0.677. The summed E-state index contributed by atoms with van der Waals surface area (Å²) in [5.41, 5.74) is 0. The van der Waals surface area contributed by atoms with Crippen LogP contribution in [0.1, 0.15) is 12.8 Å². The van der Waals surface area contributed by atoms with Gasteiger partial charge in [-0.2, -0.15) is 0 Å². The number of rotatable bonds is 3. The molecule has 1 N–H and O–H groups in total. The van der Waals surface area contributed by atoms with Crippen LogP contribution < -0.4 is 0 Å². The molecule has 0 aromatic rings. The van der Waals surface area contributed by atoms with Crippen LogP contribution in [-0.4, -0.2) is 56.2 Å². The van der Waals surface area contributed by atoms with Crippen LogP contribution in [0, 0.1) is 0 Å². The van der Waals surface area contributed by atoms with Gasteiger partial charge < -0.3 is 10.0 Å². The molecule has 1 heterocycles. The van der Waals surface area contributed by atoms with Crippen molar-refractivity contribution >= 4 is 9.84 Å².